The Morgan fingerprint density at radius 1 is 1.13 bits per heavy atom. The largest absolute Gasteiger partial charge is 0.463 e. The maximum atomic E-state index is 5.54. The van der Waals surface area contributed by atoms with Gasteiger partial charge in [0.2, 0.25) is 0 Å². The Labute approximate surface area is 134 Å². The zero-order valence-electron chi connectivity index (χ0n) is 12.9. The van der Waals surface area contributed by atoms with Crippen LogP contribution in [-0.4, -0.2) is 53.7 Å². The number of hydrogen-bond donors (Lipinski definition) is 1. The molecule has 0 aliphatic carbocycles. The molecule has 1 N–H and O–H groups in total. The molecule has 4 heterocycles. The number of furan rings is 1. The van der Waals surface area contributed by atoms with Gasteiger partial charge in [0.05, 0.1) is 19.5 Å². The molecule has 120 valence electrons. The third-order valence-corrected chi connectivity index (χ3v) is 4.11. The first-order chi connectivity index (χ1) is 11.4. The van der Waals surface area contributed by atoms with Crippen molar-refractivity contribution in [3.63, 3.8) is 0 Å². The second-order valence-electron chi connectivity index (χ2n) is 5.60. The second-order valence-corrected chi connectivity index (χ2v) is 5.60. The van der Waals surface area contributed by atoms with Crippen LogP contribution < -0.4 is 5.32 Å². The number of rotatable bonds is 5. The van der Waals surface area contributed by atoms with E-state index in [0.717, 1.165) is 62.3 Å². The van der Waals surface area contributed by atoms with Gasteiger partial charge in [0.1, 0.15) is 17.2 Å². The number of ether oxygens (including phenoxy) is 1. The fourth-order valence-corrected chi connectivity index (χ4v) is 2.91. The van der Waals surface area contributed by atoms with Crippen molar-refractivity contribution in [2.45, 2.75) is 0 Å². The maximum absolute atomic E-state index is 5.54. The number of anilines is 1. The van der Waals surface area contributed by atoms with E-state index in [2.05, 4.69) is 14.6 Å². The number of pyridine rings is 1. The van der Waals surface area contributed by atoms with E-state index >= 15 is 0 Å². The average Bonchev–Trinajstić information content (AvgIpc) is 3.24. The highest BCUT2D eigenvalue weighted by atomic mass is 16.5. The zero-order valence-corrected chi connectivity index (χ0v) is 12.9. The van der Waals surface area contributed by atoms with Crippen LogP contribution in [-0.2, 0) is 4.74 Å². The fourth-order valence-electron chi connectivity index (χ4n) is 2.91. The summed E-state index contributed by atoms with van der Waals surface area (Å²) in [6.45, 7) is 5.50. The Bertz CT molecular complexity index is 760. The van der Waals surface area contributed by atoms with E-state index in [-0.39, 0.29) is 0 Å². The van der Waals surface area contributed by atoms with Gasteiger partial charge in [-0.15, -0.1) is 0 Å². The van der Waals surface area contributed by atoms with Crippen LogP contribution >= 0.6 is 0 Å². The quantitative estimate of drug-likeness (QED) is 0.784. The molecule has 0 unspecified atom stereocenters. The van der Waals surface area contributed by atoms with Gasteiger partial charge in [0.25, 0.3) is 0 Å². The van der Waals surface area contributed by atoms with E-state index in [1.165, 1.54) is 0 Å². The van der Waals surface area contributed by atoms with Crippen LogP contribution in [0.15, 0.2) is 47.2 Å². The molecule has 1 saturated heterocycles. The molecule has 0 spiro atoms. The van der Waals surface area contributed by atoms with Crippen LogP contribution in [0.1, 0.15) is 0 Å². The highest BCUT2D eigenvalue weighted by molar-refractivity contribution is 5.73. The molecule has 0 saturated carbocycles. The Morgan fingerprint density at radius 2 is 2.04 bits per heavy atom. The lowest BCUT2D eigenvalue weighted by Gasteiger charge is -2.26. The molecular formula is C17H20N4O2. The Kier molecular flexibility index (Phi) is 4.00. The van der Waals surface area contributed by atoms with Crippen LogP contribution in [0.3, 0.4) is 0 Å². The lowest BCUT2D eigenvalue weighted by atomic mass is 10.3. The summed E-state index contributed by atoms with van der Waals surface area (Å²) in [5.74, 6) is 1.76. The van der Waals surface area contributed by atoms with Crippen molar-refractivity contribution in [3.8, 4) is 11.5 Å². The molecule has 0 amide bonds. The maximum Gasteiger partial charge on any atom is 0.156 e. The van der Waals surface area contributed by atoms with E-state index in [0.29, 0.717) is 0 Å². The summed E-state index contributed by atoms with van der Waals surface area (Å²) in [5.41, 5.74) is 1.76. The minimum Gasteiger partial charge on any atom is -0.463 e. The van der Waals surface area contributed by atoms with Gasteiger partial charge < -0.3 is 14.5 Å². The van der Waals surface area contributed by atoms with Gasteiger partial charge >= 0.3 is 0 Å². The van der Waals surface area contributed by atoms with Crippen LogP contribution in [0, 0.1) is 0 Å². The lowest BCUT2D eigenvalue weighted by Crippen LogP contribution is -2.39. The van der Waals surface area contributed by atoms with Gasteiger partial charge in [-0.05, 0) is 24.3 Å². The van der Waals surface area contributed by atoms with Gasteiger partial charge in [-0.25, -0.2) is 4.98 Å². The van der Waals surface area contributed by atoms with Gasteiger partial charge in [0.15, 0.2) is 5.76 Å². The monoisotopic (exact) mass is 312 g/mol. The molecule has 23 heavy (non-hydrogen) atoms. The van der Waals surface area contributed by atoms with Crippen molar-refractivity contribution in [2.24, 2.45) is 0 Å². The van der Waals surface area contributed by atoms with Gasteiger partial charge in [-0.1, -0.05) is 6.07 Å². The highest BCUT2D eigenvalue weighted by Crippen LogP contribution is 2.28. The summed E-state index contributed by atoms with van der Waals surface area (Å²) in [4.78, 5) is 7.10. The van der Waals surface area contributed by atoms with Crippen molar-refractivity contribution >= 4 is 11.5 Å². The zero-order chi connectivity index (χ0) is 15.5. The number of nitrogens with one attached hydrogen (secondary N) is 1. The number of aromatic nitrogens is 2. The lowest BCUT2D eigenvalue weighted by molar-refractivity contribution is 0.0398. The van der Waals surface area contributed by atoms with Gasteiger partial charge in [-0.2, -0.15) is 0 Å². The third-order valence-electron chi connectivity index (χ3n) is 4.11. The third kappa shape index (κ3) is 2.95. The molecule has 0 radical (unpaired) electrons. The summed E-state index contributed by atoms with van der Waals surface area (Å²) >= 11 is 0. The standard InChI is InChI=1S/C17H20N4O2/c1-2-7-21-15(5-1)19-16(14-4-3-11-23-14)17(21)18-6-8-20-9-12-22-13-10-20/h1-5,7,11,18H,6,8-10,12-13H2. The summed E-state index contributed by atoms with van der Waals surface area (Å²) in [6, 6.07) is 9.82. The minimum absolute atomic E-state index is 0.780. The van der Waals surface area contributed by atoms with E-state index in [1.807, 2.05) is 36.5 Å². The molecule has 3 aromatic heterocycles. The van der Waals surface area contributed by atoms with Crippen molar-refractivity contribution < 1.29 is 9.15 Å². The molecule has 4 rings (SSSR count). The predicted molar refractivity (Wildman–Crippen MR) is 88.6 cm³/mol. The smallest absolute Gasteiger partial charge is 0.156 e. The molecule has 1 aliphatic heterocycles. The molecule has 3 aromatic rings. The summed E-state index contributed by atoms with van der Waals surface area (Å²) in [5, 5.41) is 3.53. The van der Waals surface area contributed by atoms with Crippen molar-refractivity contribution in [3.05, 3.63) is 42.8 Å². The molecule has 1 fully saturated rings. The fraction of sp³-hybridized carbons (Fsp3) is 0.353. The number of hydrogen-bond acceptors (Lipinski definition) is 5. The van der Waals surface area contributed by atoms with Gasteiger partial charge in [-0.3, -0.25) is 9.30 Å². The van der Waals surface area contributed by atoms with E-state index in [9.17, 15) is 0 Å². The number of fused-ring (bicyclic) bond motifs is 1. The minimum atomic E-state index is 0.780. The Balaban J connectivity index is 1.56. The Morgan fingerprint density at radius 3 is 2.87 bits per heavy atom. The summed E-state index contributed by atoms with van der Waals surface area (Å²) in [6.07, 6.45) is 3.70. The molecular weight excluding hydrogens is 292 g/mol. The Hall–Kier alpha value is -2.31. The molecule has 6 heteroatoms. The van der Waals surface area contributed by atoms with Gasteiger partial charge in [0, 0.05) is 32.4 Å². The SMILES string of the molecule is c1coc(-c2nc3ccccn3c2NCCN2CCOCC2)c1. The first-order valence-corrected chi connectivity index (χ1v) is 7.97. The van der Waals surface area contributed by atoms with E-state index in [1.54, 1.807) is 6.26 Å². The number of nitrogens with zero attached hydrogens (tertiary/aromatic N) is 3. The van der Waals surface area contributed by atoms with Crippen LogP contribution in [0.25, 0.3) is 17.1 Å². The first kappa shape index (κ1) is 14.3. The van der Waals surface area contributed by atoms with Crippen LogP contribution in [0.5, 0.6) is 0 Å². The van der Waals surface area contributed by atoms with Crippen molar-refractivity contribution in [1.29, 1.82) is 0 Å². The number of morpholine rings is 1. The first-order valence-electron chi connectivity index (χ1n) is 7.97. The molecule has 0 bridgehead atoms. The topological polar surface area (TPSA) is 54.9 Å². The number of imidazole rings is 1. The average molecular weight is 312 g/mol. The summed E-state index contributed by atoms with van der Waals surface area (Å²) in [7, 11) is 0. The molecule has 0 atom stereocenters. The normalized spacial score (nSPS) is 16.0. The second kappa shape index (κ2) is 6.44. The van der Waals surface area contributed by atoms with Crippen LogP contribution in [0.4, 0.5) is 5.82 Å². The molecule has 1 aliphatic rings. The van der Waals surface area contributed by atoms with E-state index < -0.39 is 0 Å². The van der Waals surface area contributed by atoms with E-state index in [4.69, 9.17) is 14.1 Å². The van der Waals surface area contributed by atoms with Crippen molar-refractivity contribution in [1.82, 2.24) is 14.3 Å². The molecule has 6 nitrogen and oxygen atoms in total. The predicted octanol–water partition coefficient (Wildman–Crippen LogP) is 2.34. The summed E-state index contributed by atoms with van der Waals surface area (Å²) < 4.78 is 13.0. The van der Waals surface area contributed by atoms with Crippen molar-refractivity contribution in [2.75, 3.05) is 44.7 Å². The van der Waals surface area contributed by atoms with Crippen LogP contribution in [0.2, 0.25) is 0 Å². The highest BCUT2D eigenvalue weighted by Gasteiger charge is 2.16. The molecule has 0 aromatic carbocycles.